The lowest BCUT2D eigenvalue weighted by Gasteiger charge is -2.25. The second-order valence-corrected chi connectivity index (χ2v) is 6.06. The van der Waals surface area contributed by atoms with Gasteiger partial charge in [0.1, 0.15) is 5.60 Å². The van der Waals surface area contributed by atoms with Crippen molar-refractivity contribution in [2.75, 3.05) is 13.6 Å². The molecule has 4 nitrogen and oxygen atoms in total. The largest absolute Gasteiger partial charge is 0.443 e. The highest BCUT2D eigenvalue weighted by Crippen LogP contribution is 2.23. The number of ether oxygens (including phenoxy) is 1. The topological polar surface area (TPSA) is 34.5 Å². The zero-order valence-corrected chi connectivity index (χ0v) is 11.9. The van der Waals surface area contributed by atoms with Crippen LogP contribution in [0.3, 0.4) is 0 Å². The molecular formula is C14H22N2O2. The molecule has 0 bridgehead atoms. The van der Waals surface area contributed by atoms with E-state index < -0.39 is 5.60 Å². The second-order valence-electron chi connectivity index (χ2n) is 6.06. The minimum Gasteiger partial charge on any atom is -0.443 e. The van der Waals surface area contributed by atoms with Crippen molar-refractivity contribution in [2.45, 2.75) is 46.3 Å². The summed E-state index contributed by atoms with van der Waals surface area (Å²) in [6.07, 6.45) is 0.643. The van der Waals surface area contributed by atoms with Gasteiger partial charge in [0.15, 0.2) is 0 Å². The van der Waals surface area contributed by atoms with Gasteiger partial charge in [-0.05, 0) is 46.4 Å². The Hall–Kier alpha value is -1.29. The fraction of sp³-hybridized carbons (Fsp3) is 0.643. The average Bonchev–Trinajstić information content (AvgIpc) is 2.50. The Balaban J connectivity index is 2.31. The van der Waals surface area contributed by atoms with E-state index in [2.05, 4.69) is 18.0 Å². The molecule has 2 rings (SSSR count). The van der Waals surface area contributed by atoms with Gasteiger partial charge in [0.05, 0.1) is 0 Å². The molecule has 0 amide bonds. The summed E-state index contributed by atoms with van der Waals surface area (Å²) in [7, 11) is 2.10. The number of nitrogens with zero attached hydrogens (tertiary/aromatic N) is 2. The lowest BCUT2D eigenvalue weighted by atomic mass is 10.1. The molecule has 0 saturated heterocycles. The summed E-state index contributed by atoms with van der Waals surface area (Å²) < 4.78 is 7.20. The number of rotatable bonds is 0. The zero-order valence-electron chi connectivity index (χ0n) is 11.9. The van der Waals surface area contributed by atoms with Crippen LogP contribution in [-0.4, -0.2) is 34.8 Å². The molecule has 0 aromatic carbocycles. The molecule has 0 N–H and O–H groups in total. The highest BCUT2D eigenvalue weighted by molar-refractivity contribution is 5.74. The zero-order chi connectivity index (χ0) is 13.5. The molecule has 0 aliphatic carbocycles. The third kappa shape index (κ3) is 2.58. The van der Waals surface area contributed by atoms with E-state index in [1.54, 1.807) is 4.57 Å². The van der Waals surface area contributed by atoms with Crippen LogP contribution in [-0.2, 0) is 17.7 Å². The predicted molar refractivity (Wildman–Crippen MR) is 70.8 cm³/mol. The van der Waals surface area contributed by atoms with Crippen molar-refractivity contribution in [2.24, 2.45) is 0 Å². The average molecular weight is 250 g/mol. The van der Waals surface area contributed by atoms with Gasteiger partial charge in [-0.3, -0.25) is 4.57 Å². The quantitative estimate of drug-likeness (QED) is 0.709. The van der Waals surface area contributed by atoms with Crippen LogP contribution in [0.15, 0.2) is 6.07 Å². The number of aryl methyl sites for hydroxylation is 1. The monoisotopic (exact) mass is 250 g/mol. The summed E-state index contributed by atoms with van der Waals surface area (Å²) >= 11 is 0. The molecule has 0 saturated carbocycles. The molecule has 1 aromatic heterocycles. The van der Waals surface area contributed by atoms with Crippen LogP contribution in [0.2, 0.25) is 0 Å². The Morgan fingerprint density at radius 2 is 2.06 bits per heavy atom. The van der Waals surface area contributed by atoms with E-state index in [1.807, 2.05) is 27.7 Å². The molecule has 0 radical (unpaired) electrons. The van der Waals surface area contributed by atoms with Crippen LogP contribution >= 0.6 is 0 Å². The second kappa shape index (κ2) is 4.43. The summed E-state index contributed by atoms with van der Waals surface area (Å²) in [6, 6.07) is 2.09. The van der Waals surface area contributed by atoms with E-state index in [0.717, 1.165) is 30.9 Å². The molecule has 100 valence electrons. The molecule has 1 aromatic rings. The molecule has 0 atom stereocenters. The Morgan fingerprint density at radius 1 is 1.39 bits per heavy atom. The van der Waals surface area contributed by atoms with Crippen LogP contribution in [0.4, 0.5) is 4.79 Å². The Kier molecular flexibility index (Phi) is 3.23. The van der Waals surface area contributed by atoms with Gasteiger partial charge in [-0.1, -0.05) is 0 Å². The fourth-order valence-corrected chi connectivity index (χ4v) is 2.39. The van der Waals surface area contributed by atoms with E-state index in [0.29, 0.717) is 0 Å². The maximum absolute atomic E-state index is 12.2. The van der Waals surface area contributed by atoms with Gasteiger partial charge < -0.3 is 9.64 Å². The number of hydrogen-bond donors (Lipinski definition) is 0. The SMILES string of the molecule is Cc1cc2c(n1C(=O)OC(C)(C)C)CCN(C)C2. The molecule has 0 fully saturated rings. The Labute approximate surface area is 109 Å². The predicted octanol–water partition coefficient (Wildman–Crippen LogP) is 2.57. The first-order valence-corrected chi connectivity index (χ1v) is 6.40. The first kappa shape index (κ1) is 13.1. The van der Waals surface area contributed by atoms with Crippen molar-refractivity contribution in [3.05, 3.63) is 23.0 Å². The van der Waals surface area contributed by atoms with Crippen molar-refractivity contribution in [3.63, 3.8) is 0 Å². The molecule has 1 aliphatic rings. The summed E-state index contributed by atoms with van der Waals surface area (Å²) in [5, 5.41) is 0. The molecular weight excluding hydrogens is 228 g/mol. The molecule has 4 heteroatoms. The Morgan fingerprint density at radius 3 is 2.67 bits per heavy atom. The van der Waals surface area contributed by atoms with E-state index >= 15 is 0 Å². The minimum absolute atomic E-state index is 0.259. The van der Waals surface area contributed by atoms with Gasteiger partial charge in [0, 0.05) is 30.9 Å². The highest BCUT2D eigenvalue weighted by Gasteiger charge is 2.25. The summed E-state index contributed by atoms with van der Waals surface area (Å²) in [6.45, 7) is 9.53. The first-order chi connectivity index (χ1) is 8.28. The van der Waals surface area contributed by atoms with Crippen LogP contribution in [0.5, 0.6) is 0 Å². The van der Waals surface area contributed by atoms with E-state index in [4.69, 9.17) is 4.74 Å². The van der Waals surface area contributed by atoms with Gasteiger partial charge in [-0.25, -0.2) is 4.79 Å². The van der Waals surface area contributed by atoms with Crippen LogP contribution < -0.4 is 0 Å². The standard InChI is InChI=1S/C14H22N2O2/c1-10-8-11-9-15(5)7-6-12(11)16(10)13(17)18-14(2,3)4/h8H,6-7,9H2,1-5H3. The van der Waals surface area contributed by atoms with Crippen molar-refractivity contribution in [1.29, 1.82) is 0 Å². The molecule has 2 heterocycles. The number of hydrogen-bond acceptors (Lipinski definition) is 3. The summed E-state index contributed by atoms with van der Waals surface area (Å²) in [4.78, 5) is 14.5. The summed E-state index contributed by atoms with van der Waals surface area (Å²) in [5.74, 6) is 0. The van der Waals surface area contributed by atoms with Gasteiger partial charge >= 0.3 is 6.09 Å². The van der Waals surface area contributed by atoms with Gasteiger partial charge in [0.2, 0.25) is 0 Å². The van der Waals surface area contributed by atoms with Crippen molar-refractivity contribution >= 4 is 6.09 Å². The molecule has 0 spiro atoms. The van der Waals surface area contributed by atoms with E-state index in [1.165, 1.54) is 5.56 Å². The Bertz CT molecular complexity index is 469. The normalized spacial score (nSPS) is 16.5. The number of likely N-dealkylation sites (N-methyl/N-ethyl adjacent to an activating group) is 1. The van der Waals surface area contributed by atoms with Gasteiger partial charge in [0.25, 0.3) is 0 Å². The maximum atomic E-state index is 12.2. The van der Waals surface area contributed by atoms with Crippen LogP contribution in [0, 0.1) is 6.92 Å². The van der Waals surface area contributed by atoms with Crippen LogP contribution in [0.25, 0.3) is 0 Å². The van der Waals surface area contributed by atoms with Crippen molar-refractivity contribution in [3.8, 4) is 0 Å². The third-order valence-electron chi connectivity index (χ3n) is 3.12. The fourth-order valence-electron chi connectivity index (χ4n) is 2.39. The molecule has 18 heavy (non-hydrogen) atoms. The number of fused-ring (bicyclic) bond motifs is 1. The highest BCUT2D eigenvalue weighted by atomic mass is 16.6. The third-order valence-corrected chi connectivity index (χ3v) is 3.12. The molecule has 1 aliphatic heterocycles. The lowest BCUT2D eigenvalue weighted by molar-refractivity contribution is 0.0528. The minimum atomic E-state index is -0.452. The number of carbonyl (C=O) groups is 1. The van der Waals surface area contributed by atoms with Crippen LogP contribution in [0.1, 0.15) is 37.7 Å². The summed E-state index contributed by atoms with van der Waals surface area (Å²) in [5.41, 5.74) is 2.86. The smallest absolute Gasteiger partial charge is 0.418 e. The number of carbonyl (C=O) groups excluding carboxylic acids is 1. The molecule has 0 unspecified atom stereocenters. The first-order valence-electron chi connectivity index (χ1n) is 6.40. The van der Waals surface area contributed by atoms with Gasteiger partial charge in [-0.2, -0.15) is 0 Å². The van der Waals surface area contributed by atoms with Crippen molar-refractivity contribution in [1.82, 2.24) is 9.47 Å². The van der Waals surface area contributed by atoms with E-state index in [-0.39, 0.29) is 6.09 Å². The maximum Gasteiger partial charge on any atom is 0.418 e. The number of aromatic nitrogens is 1. The van der Waals surface area contributed by atoms with Crippen molar-refractivity contribution < 1.29 is 9.53 Å². The lowest BCUT2D eigenvalue weighted by Crippen LogP contribution is -2.32. The van der Waals surface area contributed by atoms with Gasteiger partial charge in [-0.15, -0.1) is 0 Å². The van der Waals surface area contributed by atoms with E-state index in [9.17, 15) is 4.79 Å².